The molecular formula is C8H15NOS. The van der Waals surface area contributed by atoms with Crippen LogP contribution in [0.5, 0.6) is 0 Å². The minimum absolute atomic E-state index is 0.258. The fourth-order valence-electron chi connectivity index (χ4n) is 1.35. The summed E-state index contributed by atoms with van der Waals surface area (Å²) in [5.74, 6) is 0. The molecule has 1 rings (SSSR count). The van der Waals surface area contributed by atoms with Gasteiger partial charge in [-0.05, 0) is 19.3 Å². The molecule has 11 heavy (non-hydrogen) atoms. The van der Waals surface area contributed by atoms with Gasteiger partial charge in [0.05, 0.1) is 4.99 Å². The average molecular weight is 173 g/mol. The Bertz CT molecular complexity index is 132. The Kier molecular flexibility index (Phi) is 3.80. The normalized spacial score (nSPS) is 17.4. The van der Waals surface area contributed by atoms with E-state index in [2.05, 4.69) is 4.90 Å². The van der Waals surface area contributed by atoms with Gasteiger partial charge in [0.25, 0.3) is 0 Å². The third kappa shape index (κ3) is 2.75. The molecule has 1 aliphatic rings. The molecule has 0 aromatic carbocycles. The lowest BCUT2D eigenvalue weighted by Gasteiger charge is -2.17. The summed E-state index contributed by atoms with van der Waals surface area (Å²) in [4.78, 5) is 3.29. The molecule has 1 fully saturated rings. The Hall–Kier alpha value is -0.150. The van der Waals surface area contributed by atoms with Crippen molar-refractivity contribution in [3.05, 3.63) is 0 Å². The zero-order chi connectivity index (χ0) is 8.10. The Morgan fingerprint density at radius 3 is 2.55 bits per heavy atom. The Labute approximate surface area is 73.2 Å². The van der Waals surface area contributed by atoms with Gasteiger partial charge in [0.15, 0.2) is 0 Å². The molecule has 0 radical (unpaired) electrons. The standard InChI is InChI=1S/C8H15NOS/c10-7-3-4-8(11)9-5-1-2-6-9/h10H,1-7H2. The first-order chi connectivity index (χ1) is 5.34. The van der Waals surface area contributed by atoms with E-state index in [-0.39, 0.29) is 6.61 Å². The number of likely N-dealkylation sites (tertiary alicyclic amines) is 1. The van der Waals surface area contributed by atoms with Crippen LogP contribution < -0.4 is 0 Å². The fraction of sp³-hybridized carbons (Fsp3) is 0.875. The maximum absolute atomic E-state index is 8.58. The Morgan fingerprint density at radius 2 is 2.00 bits per heavy atom. The highest BCUT2D eigenvalue weighted by Gasteiger charge is 2.13. The zero-order valence-electron chi connectivity index (χ0n) is 6.75. The van der Waals surface area contributed by atoms with Gasteiger partial charge in [-0.15, -0.1) is 0 Å². The molecule has 0 unspecified atom stereocenters. The Balaban J connectivity index is 2.17. The van der Waals surface area contributed by atoms with Crippen LogP contribution >= 0.6 is 12.2 Å². The third-order valence-electron chi connectivity index (χ3n) is 2.01. The van der Waals surface area contributed by atoms with Crippen molar-refractivity contribution < 1.29 is 5.11 Å². The lowest BCUT2D eigenvalue weighted by atomic mass is 10.3. The highest BCUT2D eigenvalue weighted by Crippen LogP contribution is 2.10. The molecule has 1 heterocycles. The van der Waals surface area contributed by atoms with Crippen molar-refractivity contribution in [2.75, 3.05) is 19.7 Å². The largest absolute Gasteiger partial charge is 0.396 e. The van der Waals surface area contributed by atoms with Crippen LogP contribution in [-0.2, 0) is 0 Å². The second-order valence-electron chi connectivity index (χ2n) is 2.92. The van der Waals surface area contributed by atoms with Crippen molar-refractivity contribution in [1.82, 2.24) is 4.90 Å². The van der Waals surface area contributed by atoms with Gasteiger partial charge in [0.1, 0.15) is 0 Å². The van der Waals surface area contributed by atoms with E-state index in [0.717, 1.165) is 30.9 Å². The second kappa shape index (κ2) is 4.67. The molecular weight excluding hydrogens is 158 g/mol. The fourth-order valence-corrected chi connectivity index (χ4v) is 1.68. The van der Waals surface area contributed by atoms with Crippen LogP contribution in [0.25, 0.3) is 0 Å². The molecule has 1 aliphatic heterocycles. The van der Waals surface area contributed by atoms with Crippen LogP contribution in [0.2, 0.25) is 0 Å². The first kappa shape index (κ1) is 8.94. The number of rotatable bonds is 3. The molecule has 1 saturated heterocycles. The number of hydrogen-bond acceptors (Lipinski definition) is 2. The maximum atomic E-state index is 8.58. The summed E-state index contributed by atoms with van der Waals surface area (Å²) >= 11 is 5.19. The highest BCUT2D eigenvalue weighted by atomic mass is 32.1. The van der Waals surface area contributed by atoms with E-state index in [9.17, 15) is 0 Å². The highest BCUT2D eigenvalue weighted by molar-refractivity contribution is 7.80. The van der Waals surface area contributed by atoms with Crippen molar-refractivity contribution >= 4 is 17.2 Å². The van der Waals surface area contributed by atoms with Crippen molar-refractivity contribution in [1.29, 1.82) is 0 Å². The van der Waals surface area contributed by atoms with Crippen LogP contribution in [0.1, 0.15) is 25.7 Å². The van der Waals surface area contributed by atoms with E-state index in [0.29, 0.717) is 0 Å². The molecule has 1 N–H and O–H groups in total. The van der Waals surface area contributed by atoms with Crippen molar-refractivity contribution in [2.45, 2.75) is 25.7 Å². The van der Waals surface area contributed by atoms with Gasteiger partial charge in [-0.2, -0.15) is 0 Å². The molecule has 3 heteroatoms. The minimum atomic E-state index is 0.258. The molecule has 0 atom stereocenters. The summed E-state index contributed by atoms with van der Waals surface area (Å²) in [6.45, 7) is 2.52. The maximum Gasteiger partial charge on any atom is 0.0780 e. The van der Waals surface area contributed by atoms with Crippen LogP contribution in [0.4, 0.5) is 0 Å². The second-order valence-corrected chi connectivity index (χ2v) is 3.39. The van der Waals surface area contributed by atoms with E-state index in [1.165, 1.54) is 12.8 Å². The summed E-state index contributed by atoms with van der Waals surface area (Å²) in [7, 11) is 0. The smallest absolute Gasteiger partial charge is 0.0780 e. The summed E-state index contributed by atoms with van der Waals surface area (Å²) < 4.78 is 0. The lowest BCUT2D eigenvalue weighted by Crippen LogP contribution is -2.25. The number of thiocarbonyl (C=S) groups is 1. The van der Waals surface area contributed by atoms with E-state index < -0.39 is 0 Å². The van der Waals surface area contributed by atoms with Crippen molar-refractivity contribution in [3.63, 3.8) is 0 Å². The molecule has 0 aromatic heterocycles. The number of hydrogen-bond donors (Lipinski definition) is 1. The van der Waals surface area contributed by atoms with Gasteiger partial charge in [0, 0.05) is 26.1 Å². The van der Waals surface area contributed by atoms with Crippen LogP contribution in [0.15, 0.2) is 0 Å². The van der Waals surface area contributed by atoms with E-state index in [1.54, 1.807) is 0 Å². The topological polar surface area (TPSA) is 23.5 Å². The molecule has 0 aliphatic carbocycles. The van der Waals surface area contributed by atoms with E-state index in [4.69, 9.17) is 17.3 Å². The van der Waals surface area contributed by atoms with E-state index in [1.807, 2.05) is 0 Å². The molecule has 0 spiro atoms. The summed E-state index contributed by atoms with van der Waals surface area (Å²) in [6, 6.07) is 0. The summed E-state index contributed by atoms with van der Waals surface area (Å²) in [5, 5.41) is 8.58. The first-order valence-electron chi connectivity index (χ1n) is 4.23. The molecule has 2 nitrogen and oxygen atoms in total. The molecule has 0 aromatic rings. The van der Waals surface area contributed by atoms with Crippen molar-refractivity contribution in [2.24, 2.45) is 0 Å². The lowest BCUT2D eigenvalue weighted by molar-refractivity contribution is 0.289. The third-order valence-corrected chi connectivity index (χ3v) is 2.47. The zero-order valence-corrected chi connectivity index (χ0v) is 7.57. The van der Waals surface area contributed by atoms with Gasteiger partial charge in [-0.25, -0.2) is 0 Å². The first-order valence-corrected chi connectivity index (χ1v) is 4.64. The van der Waals surface area contributed by atoms with Crippen molar-refractivity contribution in [3.8, 4) is 0 Å². The van der Waals surface area contributed by atoms with Crippen LogP contribution in [0.3, 0.4) is 0 Å². The monoisotopic (exact) mass is 173 g/mol. The van der Waals surface area contributed by atoms with Crippen LogP contribution in [0, 0.1) is 0 Å². The minimum Gasteiger partial charge on any atom is -0.396 e. The average Bonchev–Trinajstić information content (AvgIpc) is 2.52. The van der Waals surface area contributed by atoms with Crippen LogP contribution in [-0.4, -0.2) is 34.7 Å². The van der Waals surface area contributed by atoms with Gasteiger partial charge >= 0.3 is 0 Å². The number of aliphatic hydroxyl groups excluding tert-OH is 1. The van der Waals surface area contributed by atoms with Gasteiger partial charge < -0.3 is 10.0 Å². The number of nitrogens with zero attached hydrogens (tertiary/aromatic N) is 1. The molecule has 64 valence electrons. The molecule has 0 amide bonds. The van der Waals surface area contributed by atoms with E-state index >= 15 is 0 Å². The Morgan fingerprint density at radius 1 is 1.36 bits per heavy atom. The summed E-state index contributed by atoms with van der Waals surface area (Å²) in [6.07, 6.45) is 4.25. The van der Waals surface area contributed by atoms with Gasteiger partial charge in [0.2, 0.25) is 0 Å². The van der Waals surface area contributed by atoms with Gasteiger partial charge in [-0.1, -0.05) is 12.2 Å². The summed E-state index contributed by atoms with van der Waals surface area (Å²) in [5.41, 5.74) is 0. The predicted octanol–water partition coefficient (Wildman–Crippen LogP) is 1.18. The number of aliphatic hydroxyl groups is 1. The SMILES string of the molecule is OCCCC(=S)N1CCCC1. The molecule has 0 saturated carbocycles. The van der Waals surface area contributed by atoms with Gasteiger partial charge in [-0.3, -0.25) is 0 Å². The quantitative estimate of drug-likeness (QED) is 0.648. The predicted molar refractivity (Wildman–Crippen MR) is 49.7 cm³/mol. The molecule has 0 bridgehead atoms.